The van der Waals surface area contributed by atoms with Gasteiger partial charge in [-0.05, 0) is 75.3 Å². The summed E-state index contributed by atoms with van der Waals surface area (Å²) >= 11 is 0. The molecule has 2 heterocycles. The van der Waals surface area contributed by atoms with Gasteiger partial charge in [0.2, 0.25) is 0 Å². The fraction of sp³-hybridized carbons (Fsp3) is 0.348. The number of likely N-dealkylation sites (tertiary alicyclic amines) is 1. The van der Waals surface area contributed by atoms with Gasteiger partial charge in [0.1, 0.15) is 5.82 Å². The van der Waals surface area contributed by atoms with Gasteiger partial charge in [-0.2, -0.15) is 0 Å². The average molecular weight is 379 g/mol. The summed E-state index contributed by atoms with van der Waals surface area (Å²) in [6.45, 7) is 6.78. The van der Waals surface area contributed by atoms with Crippen LogP contribution in [0.3, 0.4) is 0 Å². The minimum Gasteiger partial charge on any atom is -0.348 e. The number of nitrogens with one attached hydrogen (secondary N) is 1. The van der Waals surface area contributed by atoms with Crippen molar-refractivity contribution in [1.29, 1.82) is 0 Å². The van der Waals surface area contributed by atoms with Crippen LogP contribution in [0.2, 0.25) is 0 Å². The fourth-order valence-corrected chi connectivity index (χ4v) is 4.09. The first-order chi connectivity index (χ1) is 13.4. The molecule has 146 valence electrons. The maximum absolute atomic E-state index is 13.2. The summed E-state index contributed by atoms with van der Waals surface area (Å²) in [5, 5.41) is 4.25. The van der Waals surface area contributed by atoms with Crippen molar-refractivity contribution >= 4 is 16.8 Å². The molecule has 0 bridgehead atoms. The second kappa shape index (κ2) is 7.40. The standard InChI is InChI=1S/C23H26FN3O/c1-15-16(2)27(13-17-4-7-19(24)8-5-17)22-9-6-18(12-21(15)22)23(28)25-20-10-11-26(3)14-20/h4-9,12,20H,10-11,13-14H2,1-3H3,(H,25,28). The SMILES string of the molecule is Cc1c(C)n(Cc2ccc(F)cc2)c2ccc(C(=O)NC3CCN(C)C3)cc12. The molecular formula is C23H26FN3O. The minimum atomic E-state index is -0.224. The molecule has 28 heavy (non-hydrogen) atoms. The second-order valence-electron chi connectivity index (χ2n) is 7.88. The van der Waals surface area contributed by atoms with Crippen molar-refractivity contribution in [1.82, 2.24) is 14.8 Å². The number of hydrogen-bond donors (Lipinski definition) is 1. The Bertz CT molecular complexity index is 1020. The highest BCUT2D eigenvalue weighted by molar-refractivity contribution is 5.99. The third kappa shape index (κ3) is 3.54. The number of carbonyl (C=O) groups is 1. The number of aromatic nitrogens is 1. The van der Waals surface area contributed by atoms with Crippen molar-refractivity contribution < 1.29 is 9.18 Å². The Morgan fingerprint density at radius 2 is 1.93 bits per heavy atom. The number of fused-ring (bicyclic) bond motifs is 1. The van der Waals surface area contributed by atoms with Crippen LogP contribution in [0.15, 0.2) is 42.5 Å². The summed E-state index contributed by atoms with van der Waals surface area (Å²) in [5.74, 6) is -0.233. The van der Waals surface area contributed by atoms with Crippen LogP contribution in [0.1, 0.15) is 33.6 Å². The molecule has 0 saturated carbocycles. The predicted octanol–water partition coefficient (Wildman–Crippen LogP) is 3.88. The van der Waals surface area contributed by atoms with E-state index in [1.54, 1.807) is 0 Å². The number of amides is 1. The van der Waals surface area contributed by atoms with E-state index in [4.69, 9.17) is 0 Å². The van der Waals surface area contributed by atoms with E-state index < -0.39 is 0 Å². The summed E-state index contributed by atoms with van der Waals surface area (Å²) in [6.07, 6.45) is 0.997. The highest BCUT2D eigenvalue weighted by atomic mass is 19.1. The van der Waals surface area contributed by atoms with E-state index in [2.05, 4.69) is 35.7 Å². The van der Waals surface area contributed by atoms with Gasteiger partial charge in [-0.25, -0.2) is 4.39 Å². The number of halogens is 1. The van der Waals surface area contributed by atoms with Crippen LogP contribution in [-0.2, 0) is 6.54 Å². The lowest BCUT2D eigenvalue weighted by molar-refractivity contribution is 0.0938. The summed E-state index contributed by atoms with van der Waals surface area (Å²) in [6, 6.07) is 12.8. The number of likely N-dealkylation sites (N-methyl/N-ethyl adjacent to an activating group) is 1. The van der Waals surface area contributed by atoms with Crippen molar-refractivity contribution in [2.75, 3.05) is 20.1 Å². The fourth-order valence-electron chi connectivity index (χ4n) is 4.09. The van der Waals surface area contributed by atoms with E-state index in [-0.39, 0.29) is 17.8 Å². The van der Waals surface area contributed by atoms with Gasteiger partial charge in [0, 0.05) is 41.3 Å². The molecule has 4 nitrogen and oxygen atoms in total. The van der Waals surface area contributed by atoms with Gasteiger partial charge >= 0.3 is 0 Å². The number of carbonyl (C=O) groups excluding carboxylic acids is 1. The molecule has 0 aliphatic carbocycles. The van der Waals surface area contributed by atoms with E-state index in [0.29, 0.717) is 12.1 Å². The zero-order valence-electron chi connectivity index (χ0n) is 16.6. The van der Waals surface area contributed by atoms with Crippen LogP contribution in [-0.4, -0.2) is 41.6 Å². The highest BCUT2D eigenvalue weighted by Crippen LogP contribution is 2.27. The number of hydrogen-bond acceptors (Lipinski definition) is 2. The molecule has 3 aromatic rings. The second-order valence-corrected chi connectivity index (χ2v) is 7.88. The molecule has 1 unspecified atom stereocenters. The van der Waals surface area contributed by atoms with E-state index >= 15 is 0 Å². The van der Waals surface area contributed by atoms with Gasteiger partial charge in [0.25, 0.3) is 5.91 Å². The molecule has 1 N–H and O–H groups in total. The first-order valence-electron chi connectivity index (χ1n) is 9.75. The van der Waals surface area contributed by atoms with Crippen LogP contribution in [0.25, 0.3) is 10.9 Å². The Hall–Kier alpha value is -2.66. The predicted molar refractivity (Wildman–Crippen MR) is 110 cm³/mol. The van der Waals surface area contributed by atoms with E-state index in [1.165, 1.54) is 17.7 Å². The first-order valence-corrected chi connectivity index (χ1v) is 9.75. The lowest BCUT2D eigenvalue weighted by Gasteiger charge is -2.13. The smallest absolute Gasteiger partial charge is 0.251 e. The maximum atomic E-state index is 13.2. The molecule has 0 spiro atoms. The molecule has 0 radical (unpaired) electrons. The molecular weight excluding hydrogens is 353 g/mol. The monoisotopic (exact) mass is 379 g/mol. The van der Waals surface area contributed by atoms with Crippen molar-refractivity contribution in [2.45, 2.75) is 32.9 Å². The third-order valence-electron chi connectivity index (χ3n) is 5.88. The lowest BCUT2D eigenvalue weighted by atomic mass is 10.1. The van der Waals surface area contributed by atoms with Crippen molar-refractivity contribution in [2.24, 2.45) is 0 Å². The summed E-state index contributed by atoms with van der Waals surface area (Å²) in [7, 11) is 2.08. The molecule has 5 heteroatoms. The molecule has 1 aliphatic heterocycles. The van der Waals surface area contributed by atoms with Crippen LogP contribution in [0, 0.1) is 19.7 Å². The summed E-state index contributed by atoms with van der Waals surface area (Å²) in [4.78, 5) is 14.9. The number of aryl methyl sites for hydroxylation is 1. The summed E-state index contributed by atoms with van der Waals surface area (Å²) < 4.78 is 15.4. The Kier molecular flexibility index (Phi) is 4.94. The summed E-state index contributed by atoms with van der Waals surface area (Å²) in [5.41, 5.74) is 5.18. The van der Waals surface area contributed by atoms with Crippen LogP contribution < -0.4 is 5.32 Å². The van der Waals surface area contributed by atoms with Gasteiger partial charge in [-0.15, -0.1) is 0 Å². The Labute approximate surface area is 165 Å². The van der Waals surface area contributed by atoms with Gasteiger partial charge in [-0.1, -0.05) is 12.1 Å². The van der Waals surface area contributed by atoms with E-state index in [0.717, 1.165) is 41.7 Å². The zero-order chi connectivity index (χ0) is 19.8. The minimum absolute atomic E-state index is 0.00876. The molecule has 1 atom stereocenters. The molecule has 1 fully saturated rings. The molecule has 1 aliphatic rings. The van der Waals surface area contributed by atoms with Crippen LogP contribution >= 0.6 is 0 Å². The van der Waals surface area contributed by atoms with Crippen molar-refractivity contribution in [3.63, 3.8) is 0 Å². The first kappa shape index (κ1) is 18.7. The quantitative estimate of drug-likeness (QED) is 0.747. The lowest BCUT2D eigenvalue weighted by Crippen LogP contribution is -2.36. The molecule has 4 rings (SSSR count). The normalized spacial score (nSPS) is 17.4. The van der Waals surface area contributed by atoms with Gasteiger partial charge in [0.15, 0.2) is 0 Å². The molecule has 1 saturated heterocycles. The molecule has 1 amide bonds. The highest BCUT2D eigenvalue weighted by Gasteiger charge is 2.22. The number of rotatable bonds is 4. The number of nitrogens with zero attached hydrogens (tertiary/aromatic N) is 2. The van der Waals surface area contributed by atoms with Gasteiger partial charge < -0.3 is 14.8 Å². The largest absolute Gasteiger partial charge is 0.348 e. The third-order valence-corrected chi connectivity index (χ3v) is 5.88. The van der Waals surface area contributed by atoms with E-state index in [9.17, 15) is 9.18 Å². The van der Waals surface area contributed by atoms with Gasteiger partial charge in [0.05, 0.1) is 0 Å². The Morgan fingerprint density at radius 3 is 2.61 bits per heavy atom. The maximum Gasteiger partial charge on any atom is 0.251 e. The Balaban J connectivity index is 1.62. The van der Waals surface area contributed by atoms with Crippen molar-refractivity contribution in [3.05, 3.63) is 70.7 Å². The average Bonchev–Trinajstić information content (AvgIpc) is 3.19. The van der Waals surface area contributed by atoms with Crippen LogP contribution in [0.5, 0.6) is 0 Å². The van der Waals surface area contributed by atoms with E-state index in [1.807, 2.05) is 30.3 Å². The number of benzene rings is 2. The Morgan fingerprint density at radius 1 is 1.18 bits per heavy atom. The topological polar surface area (TPSA) is 37.3 Å². The molecule has 2 aromatic carbocycles. The van der Waals surface area contributed by atoms with Crippen LogP contribution in [0.4, 0.5) is 4.39 Å². The molecule has 1 aromatic heterocycles. The van der Waals surface area contributed by atoms with Gasteiger partial charge in [-0.3, -0.25) is 4.79 Å². The van der Waals surface area contributed by atoms with Crippen molar-refractivity contribution in [3.8, 4) is 0 Å². The zero-order valence-corrected chi connectivity index (χ0v) is 16.6.